The van der Waals surface area contributed by atoms with Crippen LogP contribution in [0.5, 0.6) is 0 Å². The highest BCUT2D eigenvalue weighted by Gasteiger charge is 2.33. The molecule has 1 aliphatic rings. The monoisotopic (exact) mass is 202 g/mol. The molecule has 2 N–H and O–H groups in total. The highest BCUT2D eigenvalue weighted by molar-refractivity contribution is 5.85. The van der Waals surface area contributed by atoms with Crippen molar-refractivity contribution >= 4 is 11.7 Å². The van der Waals surface area contributed by atoms with Crippen LogP contribution in [0.2, 0.25) is 0 Å². The van der Waals surface area contributed by atoms with Crippen LogP contribution in [0.4, 0.5) is 5.82 Å². The lowest BCUT2D eigenvalue weighted by molar-refractivity contribution is -0.120. The van der Waals surface area contributed by atoms with Crippen molar-refractivity contribution in [2.75, 3.05) is 11.4 Å². The van der Waals surface area contributed by atoms with Crippen LogP contribution in [-0.2, 0) is 4.79 Å². The molecule has 1 aromatic rings. The third-order valence-corrected chi connectivity index (χ3v) is 2.52. The molecule has 5 nitrogen and oxygen atoms in total. The van der Waals surface area contributed by atoms with Crippen molar-refractivity contribution in [3.63, 3.8) is 0 Å². The molecule has 0 radical (unpaired) electrons. The average molecular weight is 202 g/mol. The first-order chi connectivity index (χ1) is 7.22. The number of nitrogens with two attached hydrogens (primary N) is 1. The van der Waals surface area contributed by atoms with Crippen molar-refractivity contribution in [2.45, 2.75) is 12.5 Å². The Bertz CT molecular complexity index is 420. The van der Waals surface area contributed by atoms with Crippen molar-refractivity contribution in [1.82, 2.24) is 4.98 Å². The Morgan fingerprint density at radius 2 is 2.47 bits per heavy atom. The summed E-state index contributed by atoms with van der Waals surface area (Å²) in [5.74, 6) is 0.372. The lowest BCUT2D eigenvalue weighted by Gasteiger charge is -2.39. The molecule has 1 aliphatic heterocycles. The van der Waals surface area contributed by atoms with Gasteiger partial charge >= 0.3 is 0 Å². The summed E-state index contributed by atoms with van der Waals surface area (Å²) in [6.45, 7) is 0.784. The van der Waals surface area contributed by atoms with Gasteiger partial charge in [-0.05, 0) is 18.6 Å². The molecule has 1 fully saturated rings. The van der Waals surface area contributed by atoms with Crippen LogP contribution in [0, 0.1) is 11.3 Å². The number of nitriles is 1. The number of carbonyl (C=O) groups excluding carboxylic acids is 1. The minimum Gasteiger partial charge on any atom is -0.368 e. The highest BCUT2D eigenvalue weighted by Crippen LogP contribution is 2.24. The van der Waals surface area contributed by atoms with Crippen LogP contribution in [0.1, 0.15) is 12.0 Å². The van der Waals surface area contributed by atoms with Gasteiger partial charge in [0, 0.05) is 12.7 Å². The zero-order valence-electron chi connectivity index (χ0n) is 8.05. The SMILES string of the molecule is N#Cc1ccc(N2CCC2C(N)=O)nc1. The molecular weight excluding hydrogens is 192 g/mol. The maximum absolute atomic E-state index is 11.0. The lowest BCUT2D eigenvalue weighted by atomic mass is 10.0. The highest BCUT2D eigenvalue weighted by atomic mass is 16.1. The van der Waals surface area contributed by atoms with Gasteiger partial charge in [0.25, 0.3) is 0 Å². The van der Waals surface area contributed by atoms with Gasteiger partial charge in [0.05, 0.1) is 5.56 Å². The first-order valence-corrected chi connectivity index (χ1v) is 4.64. The van der Waals surface area contributed by atoms with E-state index in [2.05, 4.69) is 4.98 Å². The van der Waals surface area contributed by atoms with Crippen LogP contribution in [0.15, 0.2) is 18.3 Å². The Balaban J connectivity index is 2.17. The Kier molecular flexibility index (Phi) is 2.26. The molecule has 5 heteroatoms. The Hall–Kier alpha value is -2.09. The van der Waals surface area contributed by atoms with Gasteiger partial charge in [-0.3, -0.25) is 4.79 Å². The average Bonchev–Trinajstić information content (AvgIpc) is 2.16. The van der Waals surface area contributed by atoms with E-state index in [4.69, 9.17) is 11.0 Å². The number of primary amides is 1. The molecule has 1 aromatic heterocycles. The zero-order valence-corrected chi connectivity index (χ0v) is 8.05. The molecule has 0 bridgehead atoms. The summed E-state index contributed by atoms with van der Waals surface area (Å²) >= 11 is 0. The Morgan fingerprint density at radius 3 is 2.87 bits per heavy atom. The number of hydrogen-bond acceptors (Lipinski definition) is 4. The van der Waals surface area contributed by atoms with Crippen molar-refractivity contribution in [2.24, 2.45) is 5.73 Å². The fraction of sp³-hybridized carbons (Fsp3) is 0.300. The van der Waals surface area contributed by atoms with E-state index < -0.39 is 0 Å². The third kappa shape index (κ3) is 1.62. The molecule has 1 atom stereocenters. The molecular formula is C10H10N4O. The molecule has 0 aliphatic carbocycles. The summed E-state index contributed by atoms with van der Waals surface area (Å²) in [6, 6.07) is 5.15. The predicted octanol–water partition coefficient (Wildman–Crippen LogP) is 0.0173. The van der Waals surface area contributed by atoms with Crippen molar-refractivity contribution in [3.05, 3.63) is 23.9 Å². The lowest BCUT2D eigenvalue weighted by Crippen LogP contribution is -2.55. The second-order valence-electron chi connectivity index (χ2n) is 3.42. The zero-order chi connectivity index (χ0) is 10.8. The van der Waals surface area contributed by atoms with E-state index in [1.165, 1.54) is 6.20 Å². The molecule has 0 saturated carbocycles. The number of nitrogens with zero attached hydrogens (tertiary/aromatic N) is 3. The van der Waals surface area contributed by atoms with Gasteiger partial charge in [-0.15, -0.1) is 0 Å². The van der Waals surface area contributed by atoms with Crippen molar-refractivity contribution in [1.29, 1.82) is 5.26 Å². The first-order valence-electron chi connectivity index (χ1n) is 4.64. The summed E-state index contributed by atoms with van der Waals surface area (Å²) in [6.07, 6.45) is 2.27. The minimum absolute atomic E-state index is 0.245. The van der Waals surface area contributed by atoms with Gasteiger partial charge in [0.15, 0.2) is 0 Å². The second-order valence-corrected chi connectivity index (χ2v) is 3.42. The normalized spacial score (nSPS) is 19.1. The predicted molar refractivity (Wildman–Crippen MR) is 53.9 cm³/mol. The van der Waals surface area contributed by atoms with E-state index in [0.29, 0.717) is 11.4 Å². The topological polar surface area (TPSA) is 83.0 Å². The molecule has 1 saturated heterocycles. The number of carbonyl (C=O) groups is 1. The maximum atomic E-state index is 11.0. The maximum Gasteiger partial charge on any atom is 0.240 e. The van der Waals surface area contributed by atoms with E-state index in [1.54, 1.807) is 12.1 Å². The molecule has 2 rings (SSSR count). The van der Waals surface area contributed by atoms with E-state index in [-0.39, 0.29) is 11.9 Å². The summed E-state index contributed by atoms with van der Waals surface area (Å²) < 4.78 is 0. The molecule has 0 spiro atoms. The first kappa shape index (κ1) is 9.46. The number of anilines is 1. The quantitative estimate of drug-likeness (QED) is 0.732. The fourth-order valence-electron chi connectivity index (χ4n) is 1.58. The smallest absolute Gasteiger partial charge is 0.240 e. The van der Waals surface area contributed by atoms with Gasteiger partial charge < -0.3 is 10.6 Å². The molecule has 1 unspecified atom stereocenters. The standard InChI is InChI=1S/C10H10N4O/c11-5-7-1-2-9(13-6-7)14-4-3-8(14)10(12)15/h1-2,6,8H,3-4H2,(H2,12,15). The van der Waals surface area contributed by atoms with Gasteiger partial charge in [0.1, 0.15) is 17.9 Å². The van der Waals surface area contributed by atoms with Crippen molar-refractivity contribution in [3.8, 4) is 6.07 Å². The van der Waals surface area contributed by atoms with E-state index in [1.807, 2.05) is 11.0 Å². The van der Waals surface area contributed by atoms with Crippen LogP contribution in [-0.4, -0.2) is 23.5 Å². The fourth-order valence-corrected chi connectivity index (χ4v) is 1.58. The number of aromatic nitrogens is 1. The van der Waals surface area contributed by atoms with Crippen LogP contribution < -0.4 is 10.6 Å². The molecule has 1 amide bonds. The Labute approximate surface area is 87.1 Å². The van der Waals surface area contributed by atoms with E-state index >= 15 is 0 Å². The van der Waals surface area contributed by atoms with Crippen molar-refractivity contribution < 1.29 is 4.79 Å². The summed E-state index contributed by atoms with van der Waals surface area (Å²) in [5, 5.41) is 8.60. The second kappa shape index (κ2) is 3.58. The van der Waals surface area contributed by atoms with Crippen LogP contribution in [0.25, 0.3) is 0 Å². The Morgan fingerprint density at radius 1 is 1.67 bits per heavy atom. The number of rotatable bonds is 2. The van der Waals surface area contributed by atoms with Gasteiger partial charge in [-0.1, -0.05) is 0 Å². The largest absolute Gasteiger partial charge is 0.368 e. The molecule has 2 heterocycles. The molecule has 15 heavy (non-hydrogen) atoms. The third-order valence-electron chi connectivity index (χ3n) is 2.52. The van der Waals surface area contributed by atoms with Crippen LogP contribution >= 0.6 is 0 Å². The van der Waals surface area contributed by atoms with E-state index in [0.717, 1.165) is 13.0 Å². The molecule has 76 valence electrons. The summed E-state index contributed by atoms with van der Waals surface area (Å²) in [7, 11) is 0. The van der Waals surface area contributed by atoms with E-state index in [9.17, 15) is 4.79 Å². The van der Waals surface area contributed by atoms with Gasteiger partial charge in [0.2, 0.25) is 5.91 Å². The molecule has 0 aromatic carbocycles. The minimum atomic E-state index is -0.326. The van der Waals surface area contributed by atoms with Gasteiger partial charge in [-0.2, -0.15) is 5.26 Å². The van der Waals surface area contributed by atoms with Gasteiger partial charge in [-0.25, -0.2) is 4.98 Å². The number of amides is 1. The number of hydrogen-bond donors (Lipinski definition) is 1. The summed E-state index contributed by atoms with van der Waals surface area (Å²) in [4.78, 5) is 16.9. The number of pyridine rings is 1. The summed E-state index contributed by atoms with van der Waals surface area (Å²) in [5.41, 5.74) is 5.73. The van der Waals surface area contributed by atoms with Crippen LogP contribution in [0.3, 0.4) is 0 Å².